The molecule has 1 atom stereocenters. The number of aliphatic carboxylic acids is 1. The van der Waals surface area contributed by atoms with E-state index >= 15 is 0 Å². The lowest BCUT2D eigenvalue weighted by Crippen LogP contribution is -2.41. The first-order valence-corrected chi connectivity index (χ1v) is 5.96. The summed E-state index contributed by atoms with van der Waals surface area (Å²) >= 11 is 0. The number of carbonyl (C=O) groups excluding carboxylic acids is 1. The van der Waals surface area contributed by atoms with E-state index in [9.17, 15) is 9.59 Å². The van der Waals surface area contributed by atoms with E-state index in [0.29, 0.717) is 6.42 Å². The molecule has 16 heavy (non-hydrogen) atoms. The Labute approximate surface area is 97.6 Å². The van der Waals surface area contributed by atoms with Crippen molar-refractivity contribution in [2.75, 3.05) is 7.05 Å². The molecule has 0 radical (unpaired) electrons. The van der Waals surface area contributed by atoms with Crippen molar-refractivity contribution in [1.82, 2.24) is 4.90 Å². The lowest BCUT2D eigenvalue weighted by atomic mass is 10.1. The number of likely N-dealkylation sites (N-methyl/N-ethyl adjacent to an activating group) is 1. The van der Waals surface area contributed by atoms with Crippen LogP contribution in [0, 0.1) is 0 Å². The van der Waals surface area contributed by atoms with Crippen LogP contribution in [-0.2, 0) is 9.59 Å². The van der Waals surface area contributed by atoms with Crippen LogP contribution in [-0.4, -0.2) is 35.0 Å². The van der Waals surface area contributed by atoms with Gasteiger partial charge in [0.25, 0.3) is 0 Å². The maximum Gasteiger partial charge on any atom is 0.326 e. The Morgan fingerprint density at radius 3 is 2.19 bits per heavy atom. The van der Waals surface area contributed by atoms with E-state index < -0.39 is 12.0 Å². The van der Waals surface area contributed by atoms with Gasteiger partial charge in [0.2, 0.25) is 5.91 Å². The molecule has 1 amide bonds. The van der Waals surface area contributed by atoms with Crippen molar-refractivity contribution < 1.29 is 14.7 Å². The Kier molecular flexibility index (Phi) is 7.60. The SMILES string of the molecule is CCCCCCCC(C(=O)O)N(C)C(C)=O. The first-order valence-electron chi connectivity index (χ1n) is 5.96. The Balaban J connectivity index is 3.96. The van der Waals surface area contributed by atoms with Gasteiger partial charge in [-0.3, -0.25) is 4.79 Å². The van der Waals surface area contributed by atoms with Crippen molar-refractivity contribution in [3.8, 4) is 0 Å². The molecule has 0 fully saturated rings. The van der Waals surface area contributed by atoms with Crippen LogP contribution in [0.25, 0.3) is 0 Å². The van der Waals surface area contributed by atoms with E-state index in [1.54, 1.807) is 7.05 Å². The molecule has 0 aliphatic rings. The van der Waals surface area contributed by atoms with Gasteiger partial charge < -0.3 is 10.0 Å². The fourth-order valence-electron chi connectivity index (χ4n) is 1.64. The monoisotopic (exact) mass is 229 g/mol. The number of nitrogens with zero attached hydrogens (tertiary/aromatic N) is 1. The summed E-state index contributed by atoms with van der Waals surface area (Å²) in [5.74, 6) is -1.10. The summed E-state index contributed by atoms with van der Waals surface area (Å²) in [6, 6.07) is -0.667. The fourth-order valence-corrected chi connectivity index (χ4v) is 1.64. The van der Waals surface area contributed by atoms with Crippen LogP contribution in [0.4, 0.5) is 0 Å². The molecule has 0 spiro atoms. The van der Waals surface area contributed by atoms with E-state index in [-0.39, 0.29) is 5.91 Å². The topological polar surface area (TPSA) is 57.6 Å². The second-order valence-electron chi connectivity index (χ2n) is 4.19. The zero-order valence-corrected chi connectivity index (χ0v) is 10.5. The first kappa shape index (κ1) is 14.9. The lowest BCUT2D eigenvalue weighted by Gasteiger charge is -2.23. The second-order valence-corrected chi connectivity index (χ2v) is 4.19. The van der Waals surface area contributed by atoms with Crippen molar-refractivity contribution in [2.24, 2.45) is 0 Å². The smallest absolute Gasteiger partial charge is 0.326 e. The third-order valence-corrected chi connectivity index (χ3v) is 2.83. The summed E-state index contributed by atoms with van der Waals surface area (Å²) in [6.07, 6.45) is 5.98. The van der Waals surface area contributed by atoms with E-state index in [2.05, 4.69) is 6.92 Å². The van der Waals surface area contributed by atoms with Crippen molar-refractivity contribution in [1.29, 1.82) is 0 Å². The maximum atomic E-state index is 11.1. The van der Waals surface area contributed by atoms with Gasteiger partial charge in [-0.05, 0) is 6.42 Å². The van der Waals surface area contributed by atoms with Gasteiger partial charge in [0.15, 0.2) is 0 Å². The predicted molar refractivity (Wildman–Crippen MR) is 63.2 cm³/mol. The van der Waals surface area contributed by atoms with E-state index in [0.717, 1.165) is 19.3 Å². The number of amides is 1. The second kappa shape index (κ2) is 8.13. The van der Waals surface area contributed by atoms with E-state index in [1.165, 1.54) is 24.7 Å². The van der Waals surface area contributed by atoms with Gasteiger partial charge in [-0.1, -0.05) is 39.0 Å². The zero-order valence-electron chi connectivity index (χ0n) is 10.5. The summed E-state index contributed by atoms with van der Waals surface area (Å²) in [6.45, 7) is 3.54. The number of hydrogen-bond donors (Lipinski definition) is 1. The normalized spacial score (nSPS) is 12.2. The van der Waals surface area contributed by atoms with Crippen LogP contribution in [0.1, 0.15) is 52.4 Å². The highest BCUT2D eigenvalue weighted by molar-refractivity contribution is 5.81. The molecule has 0 saturated heterocycles. The summed E-state index contributed by atoms with van der Waals surface area (Å²) in [5, 5.41) is 9.00. The van der Waals surface area contributed by atoms with E-state index in [4.69, 9.17) is 5.11 Å². The maximum absolute atomic E-state index is 11.1. The molecule has 1 N–H and O–H groups in total. The predicted octanol–water partition coefficient (Wildman–Crippen LogP) is 2.28. The molecule has 1 unspecified atom stereocenters. The molecule has 0 aromatic carbocycles. The Morgan fingerprint density at radius 2 is 1.75 bits per heavy atom. The van der Waals surface area contributed by atoms with Crippen LogP contribution in [0.3, 0.4) is 0 Å². The third kappa shape index (κ3) is 5.73. The summed E-state index contributed by atoms with van der Waals surface area (Å²) in [7, 11) is 1.55. The zero-order chi connectivity index (χ0) is 12.6. The Morgan fingerprint density at radius 1 is 1.19 bits per heavy atom. The number of rotatable bonds is 8. The van der Waals surface area contributed by atoms with Gasteiger partial charge >= 0.3 is 5.97 Å². The standard InChI is InChI=1S/C12H23NO3/c1-4-5-6-7-8-9-11(12(15)16)13(3)10(2)14/h11H,4-9H2,1-3H3,(H,15,16). The highest BCUT2D eigenvalue weighted by Gasteiger charge is 2.23. The molecule has 0 aromatic heterocycles. The first-order chi connectivity index (χ1) is 7.50. The average Bonchev–Trinajstić information content (AvgIpc) is 2.21. The molecular formula is C12H23NO3. The molecule has 0 rings (SSSR count). The van der Waals surface area contributed by atoms with Crippen molar-refractivity contribution >= 4 is 11.9 Å². The summed E-state index contributed by atoms with van der Waals surface area (Å²) in [5.41, 5.74) is 0. The number of carboxylic acids is 1. The molecule has 0 aromatic rings. The molecular weight excluding hydrogens is 206 g/mol. The van der Waals surface area contributed by atoms with Crippen LogP contribution >= 0.6 is 0 Å². The van der Waals surface area contributed by atoms with Gasteiger partial charge in [0, 0.05) is 14.0 Å². The Hall–Kier alpha value is -1.06. The Bertz CT molecular complexity index is 228. The number of carbonyl (C=O) groups is 2. The fraction of sp³-hybridized carbons (Fsp3) is 0.833. The van der Waals surface area contributed by atoms with Gasteiger partial charge in [-0.2, -0.15) is 0 Å². The quantitative estimate of drug-likeness (QED) is 0.650. The van der Waals surface area contributed by atoms with Gasteiger partial charge in [-0.25, -0.2) is 4.79 Å². The van der Waals surface area contributed by atoms with Gasteiger partial charge in [0.1, 0.15) is 6.04 Å². The van der Waals surface area contributed by atoms with E-state index in [1.807, 2.05) is 0 Å². The molecule has 0 heterocycles. The largest absolute Gasteiger partial charge is 0.480 e. The van der Waals surface area contributed by atoms with Crippen LogP contribution in [0.2, 0.25) is 0 Å². The minimum atomic E-state index is -0.909. The summed E-state index contributed by atoms with van der Waals surface area (Å²) in [4.78, 5) is 23.4. The average molecular weight is 229 g/mol. The third-order valence-electron chi connectivity index (χ3n) is 2.83. The molecule has 0 aliphatic carbocycles. The molecule has 4 heteroatoms. The molecule has 0 bridgehead atoms. The number of hydrogen-bond acceptors (Lipinski definition) is 2. The van der Waals surface area contributed by atoms with Crippen molar-refractivity contribution in [3.05, 3.63) is 0 Å². The summed E-state index contributed by atoms with van der Waals surface area (Å²) < 4.78 is 0. The molecule has 0 aliphatic heterocycles. The highest BCUT2D eigenvalue weighted by Crippen LogP contribution is 2.11. The minimum absolute atomic E-state index is 0.194. The van der Waals surface area contributed by atoms with Gasteiger partial charge in [0.05, 0.1) is 0 Å². The molecule has 4 nitrogen and oxygen atoms in total. The number of unbranched alkanes of at least 4 members (excludes halogenated alkanes) is 4. The van der Waals surface area contributed by atoms with Crippen LogP contribution < -0.4 is 0 Å². The van der Waals surface area contributed by atoms with Crippen LogP contribution in [0.15, 0.2) is 0 Å². The van der Waals surface area contributed by atoms with Crippen molar-refractivity contribution in [2.45, 2.75) is 58.4 Å². The molecule has 0 saturated carbocycles. The lowest BCUT2D eigenvalue weighted by molar-refractivity contribution is -0.148. The van der Waals surface area contributed by atoms with Gasteiger partial charge in [-0.15, -0.1) is 0 Å². The van der Waals surface area contributed by atoms with Crippen LogP contribution in [0.5, 0.6) is 0 Å². The number of carboxylic acid groups (broad SMARTS) is 1. The minimum Gasteiger partial charge on any atom is -0.480 e. The molecule has 94 valence electrons. The van der Waals surface area contributed by atoms with Crippen molar-refractivity contribution in [3.63, 3.8) is 0 Å². The highest BCUT2D eigenvalue weighted by atomic mass is 16.4.